The average molecular weight is 295 g/mol. The SMILES string of the molecule is CCCOC(=O)c1cc(S(=O)(=O)Cl)cc(C)c1F. The highest BCUT2D eigenvalue weighted by Gasteiger charge is 2.20. The molecule has 0 saturated heterocycles. The van der Waals surface area contributed by atoms with Gasteiger partial charge in [0.15, 0.2) is 0 Å². The first kappa shape index (κ1) is 14.9. The van der Waals surface area contributed by atoms with Gasteiger partial charge in [-0.1, -0.05) is 6.92 Å². The van der Waals surface area contributed by atoms with Gasteiger partial charge >= 0.3 is 5.97 Å². The first-order valence-electron chi connectivity index (χ1n) is 5.19. The van der Waals surface area contributed by atoms with Crippen molar-refractivity contribution >= 4 is 25.7 Å². The van der Waals surface area contributed by atoms with Gasteiger partial charge in [0, 0.05) is 10.7 Å². The minimum absolute atomic E-state index is 0.0140. The molecule has 0 unspecified atom stereocenters. The third-order valence-electron chi connectivity index (χ3n) is 2.17. The Bertz CT molecular complexity index is 569. The van der Waals surface area contributed by atoms with E-state index >= 15 is 0 Å². The van der Waals surface area contributed by atoms with Crippen LogP contribution in [0.1, 0.15) is 29.3 Å². The summed E-state index contributed by atoms with van der Waals surface area (Å²) in [5.74, 6) is -1.71. The summed E-state index contributed by atoms with van der Waals surface area (Å²) in [6, 6.07) is 1.94. The van der Waals surface area contributed by atoms with E-state index in [1.807, 2.05) is 0 Å². The summed E-state index contributed by atoms with van der Waals surface area (Å²) >= 11 is 0. The van der Waals surface area contributed by atoms with Crippen molar-refractivity contribution in [1.82, 2.24) is 0 Å². The standard InChI is InChI=1S/C11H12ClFO4S/c1-3-4-17-11(14)9-6-8(18(12,15)16)5-7(2)10(9)13/h5-6H,3-4H2,1-2H3. The zero-order chi connectivity index (χ0) is 13.9. The quantitative estimate of drug-likeness (QED) is 0.632. The van der Waals surface area contributed by atoms with Gasteiger partial charge < -0.3 is 4.74 Å². The molecule has 0 atom stereocenters. The minimum atomic E-state index is -4.02. The molecule has 1 aromatic rings. The van der Waals surface area contributed by atoms with Crippen molar-refractivity contribution < 1.29 is 22.3 Å². The van der Waals surface area contributed by atoms with E-state index in [2.05, 4.69) is 0 Å². The number of halogens is 2. The topological polar surface area (TPSA) is 60.4 Å². The van der Waals surface area contributed by atoms with E-state index in [4.69, 9.17) is 15.4 Å². The van der Waals surface area contributed by atoms with Crippen molar-refractivity contribution in [3.8, 4) is 0 Å². The molecule has 100 valence electrons. The number of hydrogen-bond donors (Lipinski definition) is 0. The Kier molecular flexibility index (Phi) is 4.70. The molecule has 0 bridgehead atoms. The number of carbonyl (C=O) groups excluding carboxylic acids is 1. The number of rotatable bonds is 4. The maximum atomic E-state index is 13.7. The van der Waals surface area contributed by atoms with E-state index < -0.39 is 26.4 Å². The molecule has 0 saturated carbocycles. The van der Waals surface area contributed by atoms with Crippen molar-refractivity contribution in [1.29, 1.82) is 0 Å². The summed E-state index contributed by atoms with van der Waals surface area (Å²) < 4.78 is 40.8. The van der Waals surface area contributed by atoms with Crippen molar-refractivity contribution in [3.63, 3.8) is 0 Å². The number of carbonyl (C=O) groups is 1. The lowest BCUT2D eigenvalue weighted by Crippen LogP contribution is -2.10. The first-order chi connectivity index (χ1) is 8.27. The molecule has 0 aliphatic carbocycles. The summed E-state index contributed by atoms with van der Waals surface area (Å²) in [6.07, 6.45) is 0.583. The number of esters is 1. The Morgan fingerprint density at radius 3 is 2.56 bits per heavy atom. The van der Waals surface area contributed by atoms with E-state index in [9.17, 15) is 17.6 Å². The second kappa shape index (κ2) is 5.67. The largest absolute Gasteiger partial charge is 0.462 e. The fraction of sp³-hybridized carbons (Fsp3) is 0.364. The lowest BCUT2D eigenvalue weighted by Gasteiger charge is -2.08. The molecule has 0 N–H and O–H groups in total. The highest BCUT2D eigenvalue weighted by Crippen LogP contribution is 2.22. The maximum Gasteiger partial charge on any atom is 0.341 e. The summed E-state index contributed by atoms with van der Waals surface area (Å²) in [4.78, 5) is 11.2. The lowest BCUT2D eigenvalue weighted by molar-refractivity contribution is 0.0499. The number of hydrogen-bond acceptors (Lipinski definition) is 4. The van der Waals surface area contributed by atoms with Gasteiger partial charge in [-0.3, -0.25) is 0 Å². The Hall–Kier alpha value is -1.14. The molecule has 0 radical (unpaired) electrons. The van der Waals surface area contributed by atoms with Crippen molar-refractivity contribution in [2.24, 2.45) is 0 Å². The van der Waals surface area contributed by atoms with E-state index in [-0.39, 0.29) is 17.1 Å². The van der Waals surface area contributed by atoms with E-state index in [1.165, 1.54) is 6.92 Å². The van der Waals surface area contributed by atoms with E-state index in [0.29, 0.717) is 6.42 Å². The van der Waals surface area contributed by atoms with Crippen LogP contribution in [0.15, 0.2) is 17.0 Å². The fourth-order valence-corrected chi connectivity index (χ4v) is 2.14. The van der Waals surface area contributed by atoms with Crippen LogP contribution in [-0.2, 0) is 13.8 Å². The van der Waals surface area contributed by atoms with Gasteiger partial charge in [-0.2, -0.15) is 0 Å². The van der Waals surface area contributed by atoms with E-state index in [0.717, 1.165) is 12.1 Å². The lowest BCUT2D eigenvalue weighted by atomic mass is 10.1. The smallest absolute Gasteiger partial charge is 0.341 e. The van der Waals surface area contributed by atoms with Gasteiger partial charge in [-0.05, 0) is 31.0 Å². The van der Waals surface area contributed by atoms with Crippen LogP contribution in [0.25, 0.3) is 0 Å². The number of benzene rings is 1. The molecular weight excluding hydrogens is 283 g/mol. The molecule has 0 aliphatic heterocycles. The first-order valence-corrected chi connectivity index (χ1v) is 7.50. The van der Waals surface area contributed by atoms with Gasteiger partial charge in [0.05, 0.1) is 17.1 Å². The van der Waals surface area contributed by atoms with Gasteiger partial charge in [-0.25, -0.2) is 17.6 Å². The Morgan fingerprint density at radius 1 is 1.44 bits per heavy atom. The Labute approximate surface area is 109 Å². The fourth-order valence-electron chi connectivity index (χ4n) is 1.30. The second-order valence-corrected chi connectivity index (χ2v) is 6.24. The molecular formula is C11H12ClFO4S. The molecule has 18 heavy (non-hydrogen) atoms. The molecule has 0 fully saturated rings. The molecule has 1 aromatic carbocycles. The molecule has 0 aromatic heterocycles. The van der Waals surface area contributed by atoms with Gasteiger partial charge in [0.1, 0.15) is 5.82 Å². The van der Waals surface area contributed by atoms with Crippen LogP contribution >= 0.6 is 10.7 Å². The van der Waals surface area contributed by atoms with Crippen molar-refractivity contribution in [2.45, 2.75) is 25.2 Å². The number of ether oxygens (including phenoxy) is 1. The van der Waals surface area contributed by atoms with Gasteiger partial charge in [0.2, 0.25) is 0 Å². The molecule has 0 heterocycles. The molecule has 0 aliphatic rings. The Morgan fingerprint density at radius 2 is 2.06 bits per heavy atom. The van der Waals surface area contributed by atoms with Crippen LogP contribution in [0.2, 0.25) is 0 Å². The minimum Gasteiger partial charge on any atom is -0.462 e. The molecule has 0 amide bonds. The van der Waals surface area contributed by atoms with Crippen LogP contribution < -0.4 is 0 Å². The molecule has 1 rings (SSSR count). The monoisotopic (exact) mass is 294 g/mol. The second-order valence-electron chi connectivity index (χ2n) is 3.68. The summed E-state index contributed by atoms with van der Waals surface area (Å²) in [7, 11) is 1.14. The predicted octanol–water partition coefficient (Wildman–Crippen LogP) is 2.63. The van der Waals surface area contributed by atoms with Crippen LogP contribution in [0.5, 0.6) is 0 Å². The third-order valence-corrected chi connectivity index (χ3v) is 3.50. The van der Waals surface area contributed by atoms with Crippen LogP contribution in [0.3, 0.4) is 0 Å². The van der Waals surface area contributed by atoms with Crippen molar-refractivity contribution in [3.05, 3.63) is 29.1 Å². The van der Waals surface area contributed by atoms with Crippen LogP contribution in [-0.4, -0.2) is 21.0 Å². The molecule has 4 nitrogen and oxygen atoms in total. The number of aryl methyl sites for hydroxylation is 1. The summed E-state index contributed by atoms with van der Waals surface area (Å²) in [5.41, 5.74) is -0.414. The van der Waals surface area contributed by atoms with Crippen LogP contribution in [0.4, 0.5) is 4.39 Å². The van der Waals surface area contributed by atoms with Crippen molar-refractivity contribution in [2.75, 3.05) is 6.61 Å². The van der Waals surface area contributed by atoms with E-state index in [1.54, 1.807) is 6.92 Å². The highest BCUT2D eigenvalue weighted by atomic mass is 35.7. The zero-order valence-corrected chi connectivity index (χ0v) is 11.4. The van der Waals surface area contributed by atoms with Gasteiger partial charge in [0.25, 0.3) is 9.05 Å². The average Bonchev–Trinajstić information content (AvgIpc) is 2.27. The normalized spacial score (nSPS) is 11.3. The van der Waals surface area contributed by atoms with Gasteiger partial charge in [-0.15, -0.1) is 0 Å². The Balaban J connectivity index is 3.27. The highest BCUT2D eigenvalue weighted by molar-refractivity contribution is 8.13. The third kappa shape index (κ3) is 3.43. The van der Waals surface area contributed by atoms with Crippen LogP contribution in [0, 0.1) is 12.7 Å². The predicted molar refractivity (Wildman–Crippen MR) is 64.7 cm³/mol. The molecule has 0 spiro atoms. The summed E-state index contributed by atoms with van der Waals surface area (Å²) in [6.45, 7) is 3.27. The summed E-state index contributed by atoms with van der Waals surface area (Å²) in [5, 5.41) is 0. The maximum absolute atomic E-state index is 13.7. The zero-order valence-electron chi connectivity index (χ0n) is 9.87. The molecule has 7 heteroatoms.